The van der Waals surface area contributed by atoms with Gasteiger partial charge in [0.15, 0.2) is 5.11 Å². The van der Waals surface area contributed by atoms with Crippen LogP contribution in [0.4, 0.5) is 5.69 Å². The smallest absolute Gasteiger partial charge is 0.250 e. The number of nitrogens with one attached hydrogen (secondary N) is 2. The molecular formula is C21H15N3O2S2. The highest BCUT2D eigenvalue weighted by molar-refractivity contribution is 7.80. The lowest BCUT2D eigenvalue weighted by atomic mass is 10.2. The first kappa shape index (κ1) is 18.1. The van der Waals surface area contributed by atoms with E-state index in [1.54, 1.807) is 35.8 Å². The molecule has 0 aliphatic heterocycles. The summed E-state index contributed by atoms with van der Waals surface area (Å²) in [4.78, 5) is 16.7. The molecule has 2 N–H and O–H groups in total. The summed E-state index contributed by atoms with van der Waals surface area (Å²) in [6.45, 7) is 0. The predicted octanol–water partition coefficient (Wildman–Crippen LogP) is 5.08. The van der Waals surface area contributed by atoms with Crippen LogP contribution in [0.3, 0.4) is 0 Å². The molecular weight excluding hydrogens is 390 g/mol. The lowest BCUT2D eigenvalue weighted by molar-refractivity contribution is -0.115. The van der Waals surface area contributed by atoms with Gasteiger partial charge in [0.05, 0.1) is 22.2 Å². The van der Waals surface area contributed by atoms with E-state index >= 15 is 0 Å². The van der Waals surface area contributed by atoms with E-state index in [-0.39, 0.29) is 11.0 Å². The molecule has 0 saturated carbocycles. The van der Waals surface area contributed by atoms with Crippen molar-refractivity contribution in [3.05, 3.63) is 78.8 Å². The first-order chi connectivity index (χ1) is 13.7. The van der Waals surface area contributed by atoms with Crippen molar-refractivity contribution in [2.75, 3.05) is 5.32 Å². The zero-order chi connectivity index (χ0) is 19.3. The van der Waals surface area contributed by atoms with Crippen LogP contribution >= 0.6 is 23.6 Å². The molecule has 2 aromatic carbocycles. The van der Waals surface area contributed by atoms with Gasteiger partial charge in [-0.3, -0.25) is 10.1 Å². The summed E-state index contributed by atoms with van der Waals surface area (Å²) >= 11 is 6.89. The van der Waals surface area contributed by atoms with Crippen LogP contribution < -0.4 is 10.6 Å². The Kier molecular flexibility index (Phi) is 5.27. The maximum atomic E-state index is 12.0. The van der Waals surface area contributed by atoms with Crippen molar-refractivity contribution >= 4 is 56.6 Å². The number of anilines is 1. The maximum Gasteiger partial charge on any atom is 0.250 e. The Balaban J connectivity index is 1.49. The zero-order valence-electron chi connectivity index (χ0n) is 14.6. The number of aromatic nitrogens is 1. The fourth-order valence-electron chi connectivity index (χ4n) is 2.62. The minimum Gasteiger partial charge on any atom is -0.465 e. The second-order valence-corrected chi connectivity index (χ2v) is 7.26. The number of rotatable bonds is 4. The second kappa shape index (κ2) is 8.16. The molecule has 138 valence electrons. The summed E-state index contributed by atoms with van der Waals surface area (Å²) in [7, 11) is 0. The molecule has 0 fully saturated rings. The number of benzene rings is 2. The number of thiocarbonyl (C=S) groups is 1. The lowest BCUT2D eigenvalue weighted by Gasteiger charge is -2.11. The molecule has 0 spiro atoms. The van der Waals surface area contributed by atoms with Gasteiger partial charge in [0.1, 0.15) is 10.8 Å². The van der Waals surface area contributed by atoms with Gasteiger partial charge in [-0.15, -0.1) is 11.3 Å². The molecule has 0 radical (unpaired) electrons. The number of amides is 1. The average Bonchev–Trinajstić information content (AvgIpc) is 3.36. The van der Waals surface area contributed by atoms with Crippen molar-refractivity contribution < 1.29 is 9.21 Å². The van der Waals surface area contributed by atoms with Crippen LogP contribution in [-0.2, 0) is 4.79 Å². The number of thiazole rings is 1. The summed E-state index contributed by atoms with van der Waals surface area (Å²) in [5.41, 5.74) is 2.66. The largest absolute Gasteiger partial charge is 0.465 e. The molecule has 28 heavy (non-hydrogen) atoms. The topological polar surface area (TPSA) is 67.2 Å². The van der Waals surface area contributed by atoms with Gasteiger partial charge in [0.25, 0.3) is 0 Å². The third-order valence-corrected chi connectivity index (χ3v) is 5.15. The first-order valence-electron chi connectivity index (χ1n) is 8.47. The van der Waals surface area contributed by atoms with E-state index in [4.69, 9.17) is 21.6 Å². The number of nitrogens with zero attached hydrogens (tertiary/aromatic N) is 1. The summed E-state index contributed by atoms with van der Waals surface area (Å²) in [5.74, 6) is 0.251. The van der Waals surface area contributed by atoms with E-state index in [1.807, 2.05) is 48.5 Å². The molecule has 2 aromatic heterocycles. The van der Waals surface area contributed by atoms with Crippen molar-refractivity contribution in [1.82, 2.24) is 10.3 Å². The first-order valence-corrected chi connectivity index (χ1v) is 9.70. The Bertz CT molecular complexity index is 1130. The Morgan fingerprint density at radius 2 is 1.89 bits per heavy atom. The molecule has 4 rings (SSSR count). The Labute approximate surface area is 170 Å². The van der Waals surface area contributed by atoms with Gasteiger partial charge in [-0.05, 0) is 54.7 Å². The highest BCUT2D eigenvalue weighted by Gasteiger charge is 2.11. The van der Waals surface area contributed by atoms with Crippen LogP contribution in [0.25, 0.3) is 26.9 Å². The van der Waals surface area contributed by atoms with Crippen LogP contribution in [0.2, 0.25) is 0 Å². The third kappa shape index (κ3) is 4.16. The highest BCUT2D eigenvalue weighted by Crippen LogP contribution is 2.34. The van der Waals surface area contributed by atoms with Crippen LogP contribution in [0.15, 0.2) is 77.4 Å². The Morgan fingerprint density at radius 3 is 2.71 bits per heavy atom. The number of carbonyl (C=O) groups is 1. The minimum atomic E-state index is -0.341. The quantitative estimate of drug-likeness (QED) is 0.366. The molecule has 0 aliphatic carbocycles. The Morgan fingerprint density at radius 1 is 1.07 bits per heavy atom. The fourth-order valence-corrected chi connectivity index (χ4v) is 3.83. The van der Waals surface area contributed by atoms with Crippen LogP contribution in [0.5, 0.6) is 0 Å². The van der Waals surface area contributed by atoms with E-state index in [0.29, 0.717) is 5.76 Å². The molecule has 0 atom stereocenters. The maximum absolute atomic E-state index is 12.0. The zero-order valence-corrected chi connectivity index (χ0v) is 16.2. The number of furan rings is 1. The number of fused-ring (bicyclic) bond motifs is 1. The van der Waals surface area contributed by atoms with Crippen LogP contribution in [-0.4, -0.2) is 16.0 Å². The monoisotopic (exact) mass is 405 g/mol. The van der Waals surface area contributed by atoms with E-state index in [2.05, 4.69) is 10.6 Å². The molecule has 2 heterocycles. The fraction of sp³-hybridized carbons (Fsp3) is 0. The minimum absolute atomic E-state index is 0.211. The summed E-state index contributed by atoms with van der Waals surface area (Å²) < 4.78 is 6.27. The van der Waals surface area contributed by atoms with Crippen molar-refractivity contribution in [1.29, 1.82) is 0 Å². The van der Waals surface area contributed by atoms with Crippen LogP contribution in [0.1, 0.15) is 5.76 Å². The van der Waals surface area contributed by atoms with Gasteiger partial charge in [-0.1, -0.05) is 24.3 Å². The summed E-state index contributed by atoms with van der Waals surface area (Å²) in [5, 5.41) is 6.81. The van der Waals surface area contributed by atoms with Gasteiger partial charge < -0.3 is 9.73 Å². The molecule has 4 aromatic rings. The average molecular weight is 406 g/mol. The van der Waals surface area contributed by atoms with E-state index < -0.39 is 0 Å². The van der Waals surface area contributed by atoms with Crippen molar-refractivity contribution in [3.63, 3.8) is 0 Å². The summed E-state index contributed by atoms with van der Waals surface area (Å²) in [6, 6.07) is 19.2. The molecule has 0 unspecified atom stereocenters. The van der Waals surface area contributed by atoms with Crippen LogP contribution in [0, 0.1) is 0 Å². The number of hydrogen-bond acceptors (Lipinski definition) is 5. The van der Waals surface area contributed by atoms with Gasteiger partial charge in [0, 0.05) is 11.6 Å². The van der Waals surface area contributed by atoms with Crippen molar-refractivity contribution in [2.45, 2.75) is 0 Å². The normalized spacial score (nSPS) is 11.0. The molecule has 0 aliphatic rings. The third-order valence-electron chi connectivity index (χ3n) is 3.88. The van der Waals surface area contributed by atoms with E-state index in [1.165, 1.54) is 6.08 Å². The number of hydrogen-bond donors (Lipinski definition) is 2. The number of carbonyl (C=O) groups excluding carboxylic acids is 1. The summed E-state index contributed by atoms with van der Waals surface area (Å²) in [6.07, 6.45) is 4.49. The molecule has 0 saturated heterocycles. The van der Waals surface area contributed by atoms with Gasteiger partial charge in [-0.25, -0.2) is 4.98 Å². The standard InChI is InChI=1S/C21H15N3O2S2/c25-19(12-11-14-6-5-13-26-14)24-21(27)23-16-8-2-1-7-15(16)20-22-17-9-3-4-10-18(17)28-20/h1-13H,(H2,23,24,25,27). The lowest BCUT2D eigenvalue weighted by Crippen LogP contribution is -2.32. The van der Waals surface area contributed by atoms with Crippen molar-refractivity contribution in [2.24, 2.45) is 0 Å². The van der Waals surface area contributed by atoms with Crippen molar-refractivity contribution in [3.8, 4) is 10.6 Å². The van der Waals surface area contributed by atoms with E-state index in [0.717, 1.165) is 26.5 Å². The number of para-hydroxylation sites is 2. The molecule has 7 heteroatoms. The highest BCUT2D eigenvalue weighted by atomic mass is 32.1. The Hall–Kier alpha value is -3.29. The van der Waals surface area contributed by atoms with Gasteiger partial charge in [-0.2, -0.15) is 0 Å². The van der Waals surface area contributed by atoms with Gasteiger partial charge in [0.2, 0.25) is 5.91 Å². The SMILES string of the molecule is O=C(C=Cc1ccco1)NC(=S)Nc1ccccc1-c1nc2ccccc2s1. The van der Waals surface area contributed by atoms with E-state index in [9.17, 15) is 4.79 Å². The molecule has 1 amide bonds. The second-order valence-electron chi connectivity index (χ2n) is 5.82. The molecule has 0 bridgehead atoms. The van der Waals surface area contributed by atoms with Gasteiger partial charge >= 0.3 is 0 Å². The predicted molar refractivity (Wildman–Crippen MR) is 117 cm³/mol. The molecule has 5 nitrogen and oxygen atoms in total.